The summed E-state index contributed by atoms with van der Waals surface area (Å²) in [6.07, 6.45) is 2.78. The minimum Gasteiger partial charge on any atom is -0.388 e. The van der Waals surface area contributed by atoms with Crippen molar-refractivity contribution >= 4 is 21.4 Å². The molecule has 1 aromatic carbocycles. The highest BCUT2D eigenvalue weighted by atomic mass is 35.5. The van der Waals surface area contributed by atoms with Crippen LogP contribution in [0.3, 0.4) is 0 Å². The highest BCUT2D eigenvalue weighted by Gasteiger charge is 2.33. The number of hydrogen-bond donors (Lipinski definition) is 1. The standard InChI is InChI=1S/C14H18ClFO3S/c1-20(18,19)10-5-2-4-9(8-10)14(17)11-6-3-7-12(16)13(11)15/h3,6-7,9-10,14,17H,2,4-5,8H2,1H3. The van der Waals surface area contributed by atoms with Gasteiger partial charge in [0.05, 0.1) is 16.4 Å². The molecular weight excluding hydrogens is 303 g/mol. The average Bonchev–Trinajstić information content (AvgIpc) is 2.40. The summed E-state index contributed by atoms with van der Waals surface area (Å²) in [6.45, 7) is 0. The summed E-state index contributed by atoms with van der Waals surface area (Å²) in [5.41, 5.74) is 0.339. The molecule has 1 aromatic rings. The summed E-state index contributed by atoms with van der Waals surface area (Å²) in [4.78, 5) is 0. The van der Waals surface area contributed by atoms with Gasteiger partial charge in [-0.2, -0.15) is 0 Å². The minimum atomic E-state index is -3.11. The first kappa shape index (κ1) is 15.7. The van der Waals surface area contributed by atoms with Gasteiger partial charge in [-0.3, -0.25) is 0 Å². The van der Waals surface area contributed by atoms with Gasteiger partial charge < -0.3 is 5.11 Å². The van der Waals surface area contributed by atoms with Crippen LogP contribution >= 0.6 is 11.6 Å². The molecule has 0 heterocycles. The van der Waals surface area contributed by atoms with Crippen molar-refractivity contribution in [2.24, 2.45) is 5.92 Å². The summed E-state index contributed by atoms with van der Waals surface area (Å²) >= 11 is 5.88. The topological polar surface area (TPSA) is 54.4 Å². The third kappa shape index (κ3) is 3.32. The lowest BCUT2D eigenvalue weighted by Gasteiger charge is -2.31. The van der Waals surface area contributed by atoms with Crippen LogP contribution < -0.4 is 0 Å². The predicted molar refractivity (Wildman–Crippen MR) is 77.0 cm³/mol. The molecule has 2 rings (SSSR count). The van der Waals surface area contributed by atoms with Crippen LogP contribution in [0.5, 0.6) is 0 Å². The Balaban J connectivity index is 2.21. The molecule has 0 saturated heterocycles. The number of benzene rings is 1. The molecule has 1 fully saturated rings. The van der Waals surface area contributed by atoms with Gasteiger partial charge in [0.2, 0.25) is 0 Å². The summed E-state index contributed by atoms with van der Waals surface area (Å²) in [7, 11) is -3.11. The van der Waals surface area contributed by atoms with Crippen molar-refractivity contribution in [1.29, 1.82) is 0 Å². The molecule has 112 valence electrons. The predicted octanol–water partition coefficient (Wildman–Crippen LogP) is 3.12. The van der Waals surface area contributed by atoms with Gasteiger partial charge in [-0.05, 0) is 31.2 Å². The summed E-state index contributed by atoms with van der Waals surface area (Å²) in [6, 6.07) is 4.31. The van der Waals surface area contributed by atoms with Gasteiger partial charge in [0.1, 0.15) is 15.7 Å². The molecule has 6 heteroatoms. The monoisotopic (exact) mass is 320 g/mol. The van der Waals surface area contributed by atoms with E-state index in [0.717, 1.165) is 12.8 Å². The fraction of sp³-hybridized carbons (Fsp3) is 0.571. The number of aliphatic hydroxyl groups excluding tert-OH is 1. The summed E-state index contributed by atoms with van der Waals surface area (Å²) in [5.74, 6) is -0.776. The fourth-order valence-electron chi connectivity index (χ4n) is 2.86. The van der Waals surface area contributed by atoms with E-state index in [0.29, 0.717) is 18.4 Å². The van der Waals surface area contributed by atoms with E-state index in [4.69, 9.17) is 11.6 Å². The molecule has 0 spiro atoms. The van der Waals surface area contributed by atoms with Gasteiger partial charge in [0, 0.05) is 11.8 Å². The van der Waals surface area contributed by atoms with E-state index in [2.05, 4.69) is 0 Å². The molecular formula is C14H18ClFO3S. The first-order valence-electron chi connectivity index (χ1n) is 6.61. The Labute approximate surface area is 123 Å². The van der Waals surface area contributed by atoms with Crippen molar-refractivity contribution in [3.8, 4) is 0 Å². The largest absolute Gasteiger partial charge is 0.388 e. The Morgan fingerprint density at radius 2 is 2.10 bits per heavy atom. The molecule has 0 bridgehead atoms. The van der Waals surface area contributed by atoms with Crippen LogP contribution in [0.2, 0.25) is 5.02 Å². The zero-order chi connectivity index (χ0) is 14.9. The lowest BCUT2D eigenvalue weighted by atomic mass is 9.82. The number of hydrogen-bond acceptors (Lipinski definition) is 3. The van der Waals surface area contributed by atoms with Gasteiger partial charge >= 0.3 is 0 Å². The van der Waals surface area contributed by atoms with E-state index in [1.807, 2.05) is 0 Å². The van der Waals surface area contributed by atoms with Gasteiger partial charge in [-0.25, -0.2) is 12.8 Å². The van der Waals surface area contributed by atoms with Crippen LogP contribution in [-0.2, 0) is 9.84 Å². The van der Waals surface area contributed by atoms with E-state index >= 15 is 0 Å². The minimum absolute atomic E-state index is 0.0820. The van der Waals surface area contributed by atoms with E-state index < -0.39 is 27.0 Å². The molecule has 1 aliphatic rings. The van der Waals surface area contributed by atoms with Crippen molar-refractivity contribution in [2.45, 2.75) is 37.0 Å². The smallest absolute Gasteiger partial charge is 0.150 e. The molecule has 3 nitrogen and oxygen atoms in total. The molecule has 20 heavy (non-hydrogen) atoms. The maximum Gasteiger partial charge on any atom is 0.150 e. The molecule has 0 aliphatic heterocycles. The Morgan fingerprint density at radius 3 is 2.75 bits per heavy atom. The zero-order valence-electron chi connectivity index (χ0n) is 11.2. The van der Waals surface area contributed by atoms with Crippen molar-refractivity contribution < 1.29 is 17.9 Å². The Hall–Kier alpha value is -0.650. The normalized spacial score (nSPS) is 25.4. The Kier molecular flexibility index (Phi) is 4.72. The van der Waals surface area contributed by atoms with Crippen LogP contribution in [0, 0.1) is 11.7 Å². The van der Waals surface area contributed by atoms with E-state index in [9.17, 15) is 17.9 Å². The van der Waals surface area contributed by atoms with Crippen LogP contribution in [-0.4, -0.2) is 25.0 Å². The van der Waals surface area contributed by atoms with E-state index in [1.165, 1.54) is 18.4 Å². The maximum absolute atomic E-state index is 13.4. The SMILES string of the molecule is CS(=O)(=O)C1CCCC(C(O)c2cccc(F)c2Cl)C1. The van der Waals surface area contributed by atoms with Gasteiger partial charge in [-0.1, -0.05) is 30.2 Å². The van der Waals surface area contributed by atoms with E-state index in [-0.39, 0.29) is 10.9 Å². The molecule has 1 saturated carbocycles. The van der Waals surface area contributed by atoms with Crippen LogP contribution in [0.15, 0.2) is 18.2 Å². The van der Waals surface area contributed by atoms with Crippen molar-refractivity contribution in [2.75, 3.05) is 6.26 Å². The van der Waals surface area contributed by atoms with Crippen molar-refractivity contribution in [3.05, 3.63) is 34.6 Å². The third-order valence-corrected chi connectivity index (χ3v) is 6.06. The quantitative estimate of drug-likeness (QED) is 0.931. The Bertz CT molecular complexity index is 588. The molecule has 1 aliphatic carbocycles. The lowest BCUT2D eigenvalue weighted by molar-refractivity contribution is 0.0855. The van der Waals surface area contributed by atoms with Crippen LogP contribution in [0.4, 0.5) is 4.39 Å². The summed E-state index contributed by atoms with van der Waals surface area (Å²) < 4.78 is 36.7. The second-order valence-electron chi connectivity index (χ2n) is 5.47. The molecule has 0 amide bonds. The van der Waals surface area contributed by atoms with Gasteiger partial charge in [-0.15, -0.1) is 0 Å². The Morgan fingerprint density at radius 1 is 1.40 bits per heavy atom. The summed E-state index contributed by atoms with van der Waals surface area (Å²) in [5, 5.41) is 9.88. The van der Waals surface area contributed by atoms with Gasteiger partial charge in [0.25, 0.3) is 0 Å². The number of aliphatic hydroxyl groups is 1. The number of halogens is 2. The average molecular weight is 321 g/mol. The molecule has 1 N–H and O–H groups in total. The third-order valence-electron chi connectivity index (χ3n) is 4.02. The van der Waals surface area contributed by atoms with Crippen molar-refractivity contribution in [1.82, 2.24) is 0 Å². The molecule has 0 aromatic heterocycles. The second kappa shape index (κ2) is 6.00. The fourth-order valence-corrected chi connectivity index (χ4v) is 4.29. The number of sulfone groups is 1. The first-order chi connectivity index (χ1) is 9.30. The van der Waals surface area contributed by atoms with Crippen molar-refractivity contribution in [3.63, 3.8) is 0 Å². The first-order valence-corrected chi connectivity index (χ1v) is 8.94. The molecule has 0 radical (unpaired) electrons. The molecule has 3 atom stereocenters. The second-order valence-corrected chi connectivity index (χ2v) is 8.17. The number of rotatable bonds is 3. The maximum atomic E-state index is 13.4. The van der Waals surface area contributed by atoms with E-state index in [1.54, 1.807) is 6.07 Å². The van der Waals surface area contributed by atoms with Crippen LogP contribution in [0.1, 0.15) is 37.4 Å². The highest BCUT2D eigenvalue weighted by Crippen LogP contribution is 2.39. The van der Waals surface area contributed by atoms with Gasteiger partial charge in [0.15, 0.2) is 0 Å². The lowest BCUT2D eigenvalue weighted by Crippen LogP contribution is -2.30. The molecule has 3 unspecified atom stereocenters. The highest BCUT2D eigenvalue weighted by molar-refractivity contribution is 7.91. The van der Waals surface area contributed by atoms with Crippen LogP contribution in [0.25, 0.3) is 0 Å². The zero-order valence-corrected chi connectivity index (χ0v) is 12.8.